The highest BCUT2D eigenvalue weighted by Gasteiger charge is 2.46. The first kappa shape index (κ1) is 20.7. The number of alkyl halides is 1. The van der Waals surface area contributed by atoms with Gasteiger partial charge in [-0.3, -0.25) is 4.79 Å². The molecule has 1 saturated heterocycles. The third kappa shape index (κ3) is 5.61. The normalized spacial score (nSPS) is 31.6. The summed E-state index contributed by atoms with van der Waals surface area (Å²) in [5.74, 6) is 0.105. The fourth-order valence-corrected chi connectivity index (χ4v) is 4.04. The van der Waals surface area contributed by atoms with E-state index in [1.165, 1.54) is 7.11 Å². The summed E-state index contributed by atoms with van der Waals surface area (Å²) in [4.78, 5) is 11.4. The number of carbonyl (C=O) groups excluding carboxylic acids is 1. The Morgan fingerprint density at radius 2 is 2.04 bits per heavy atom. The molecule has 0 aliphatic carbocycles. The van der Waals surface area contributed by atoms with E-state index in [1.807, 2.05) is 6.92 Å². The zero-order valence-electron chi connectivity index (χ0n) is 15.2. The molecule has 1 heterocycles. The van der Waals surface area contributed by atoms with Crippen LogP contribution in [0.4, 0.5) is 0 Å². The van der Waals surface area contributed by atoms with E-state index in [0.29, 0.717) is 5.92 Å². The SMILES string of the molecule is CC[C@@H]1C[C@@](C)(C[C@@H](CC)[C@H](O)CC(=O)OC)O[C@H]1[C@@H](Cl)CC. The number of hydrogen-bond acceptors (Lipinski definition) is 4. The summed E-state index contributed by atoms with van der Waals surface area (Å²) in [6, 6.07) is 0. The van der Waals surface area contributed by atoms with Gasteiger partial charge < -0.3 is 14.6 Å². The Labute approximate surface area is 145 Å². The minimum absolute atomic E-state index is 0.0192. The third-order valence-electron chi connectivity index (χ3n) is 5.22. The highest BCUT2D eigenvalue weighted by atomic mass is 35.5. The van der Waals surface area contributed by atoms with Gasteiger partial charge in [-0.05, 0) is 38.0 Å². The number of ether oxygens (including phenoxy) is 2. The van der Waals surface area contributed by atoms with Crippen LogP contribution < -0.4 is 0 Å². The molecule has 0 saturated carbocycles. The van der Waals surface area contributed by atoms with Crippen molar-refractivity contribution in [2.75, 3.05) is 7.11 Å². The van der Waals surface area contributed by atoms with Gasteiger partial charge in [0.2, 0.25) is 0 Å². The van der Waals surface area contributed by atoms with Gasteiger partial charge in [-0.25, -0.2) is 0 Å². The van der Waals surface area contributed by atoms with Crippen LogP contribution in [0.1, 0.15) is 66.2 Å². The monoisotopic (exact) mass is 348 g/mol. The second-order valence-corrected chi connectivity index (χ2v) is 7.61. The van der Waals surface area contributed by atoms with E-state index in [0.717, 1.165) is 32.1 Å². The molecule has 23 heavy (non-hydrogen) atoms. The molecule has 0 aromatic carbocycles. The number of hydrogen-bond donors (Lipinski definition) is 1. The van der Waals surface area contributed by atoms with Crippen molar-refractivity contribution in [2.45, 2.75) is 89.4 Å². The van der Waals surface area contributed by atoms with Crippen molar-refractivity contribution in [3.8, 4) is 0 Å². The molecule has 0 unspecified atom stereocenters. The number of carbonyl (C=O) groups is 1. The van der Waals surface area contributed by atoms with Crippen LogP contribution in [-0.2, 0) is 14.3 Å². The van der Waals surface area contributed by atoms with E-state index in [9.17, 15) is 9.90 Å². The van der Waals surface area contributed by atoms with Crippen LogP contribution in [-0.4, -0.2) is 41.4 Å². The van der Waals surface area contributed by atoms with Gasteiger partial charge in [0.25, 0.3) is 0 Å². The Morgan fingerprint density at radius 1 is 1.39 bits per heavy atom. The van der Waals surface area contributed by atoms with Crippen molar-refractivity contribution in [1.29, 1.82) is 0 Å². The first-order chi connectivity index (χ1) is 10.8. The average Bonchev–Trinajstić information content (AvgIpc) is 2.88. The fourth-order valence-electron chi connectivity index (χ4n) is 3.78. The lowest BCUT2D eigenvalue weighted by Gasteiger charge is -2.32. The molecule has 4 nitrogen and oxygen atoms in total. The van der Waals surface area contributed by atoms with Crippen LogP contribution in [0.3, 0.4) is 0 Å². The molecule has 0 amide bonds. The van der Waals surface area contributed by atoms with Crippen LogP contribution in [0.2, 0.25) is 0 Å². The van der Waals surface area contributed by atoms with Crippen LogP contribution in [0.5, 0.6) is 0 Å². The second-order valence-electron chi connectivity index (χ2n) is 7.05. The standard InChI is InChI=1S/C18H33ClO4/c1-6-12(15(20)9-16(21)22-5)10-18(4)11-13(7-2)17(23-18)14(19)8-3/h12-15,17,20H,6-11H2,1-5H3/t12-,13-,14+,15-,17-,18-/m1/s1. The first-order valence-corrected chi connectivity index (χ1v) is 9.30. The second kappa shape index (κ2) is 9.24. The highest BCUT2D eigenvalue weighted by Crippen LogP contribution is 2.44. The molecule has 1 aliphatic heterocycles. The van der Waals surface area contributed by atoms with Gasteiger partial charge in [-0.15, -0.1) is 11.6 Å². The number of methoxy groups -OCH3 is 1. The molecule has 0 spiro atoms. The van der Waals surface area contributed by atoms with Gasteiger partial charge in [0.15, 0.2) is 0 Å². The van der Waals surface area contributed by atoms with Gasteiger partial charge in [-0.2, -0.15) is 0 Å². The summed E-state index contributed by atoms with van der Waals surface area (Å²) in [6.07, 6.45) is 3.86. The van der Waals surface area contributed by atoms with Gasteiger partial charge >= 0.3 is 5.97 Å². The van der Waals surface area contributed by atoms with Gasteiger partial charge in [0.1, 0.15) is 0 Å². The molecule has 136 valence electrons. The molecule has 5 heteroatoms. The largest absolute Gasteiger partial charge is 0.469 e. The van der Waals surface area contributed by atoms with E-state index in [1.54, 1.807) is 0 Å². The van der Waals surface area contributed by atoms with E-state index in [-0.39, 0.29) is 35.4 Å². The maximum Gasteiger partial charge on any atom is 0.308 e. The number of aliphatic hydroxyl groups is 1. The summed E-state index contributed by atoms with van der Waals surface area (Å²) in [6.45, 7) is 8.41. The van der Waals surface area contributed by atoms with Gasteiger partial charge in [0, 0.05) is 0 Å². The lowest BCUT2D eigenvalue weighted by atomic mass is 9.81. The van der Waals surface area contributed by atoms with E-state index >= 15 is 0 Å². The molecule has 1 aliphatic rings. The van der Waals surface area contributed by atoms with Crippen molar-refractivity contribution in [3.63, 3.8) is 0 Å². The quantitative estimate of drug-likeness (QED) is 0.507. The van der Waals surface area contributed by atoms with Gasteiger partial charge in [-0.1, -0.05) is 33.6 Å². The third-order valence-corrected chi connectivity index (χ3v) is 5.77. The zero-order valence-corrected chi connectivity index (χ0v) is 15.9. The van der Waals surface area contributed by atoms with Gasteiger partial charge in [0.05, 0.1) is 36.7 Å². The average molecular weight is 349 g/mol. The van der Waals surface area contributed by atoms with Crippen molar-refractivity contribution in [3.05, 3.63) is 0 Å². The predicted molar refractivity (Wildman–Crippen MR) is 92.6 cm³/mol. The summed E-state index contributed by atoms with van der Waals surface area (Å²) >= 11 is 6.46. The molecule has 1 N–H and O–H groups in total. The molecular weight excluding hydrogens is 316 g/mol. The predicted octanol–water partition coefficient (Wildman–Crippen LogP) is 3.92. The van der Waals surface area contributed by atoms with Crippen molar-refractivity contribution >= 4 is 17.6 Å². The van der Waals surface area contributed by atoms with E-state index < -0.39 is 6.10 Å². The van der Waals surface area contributed by atoms with E-state index in [4.69, 9.17) is 16.3 Å². The molecule has 1 fully saturated rings. The maximum atomic E-state index is 11.4. The summed E-state index contributed by atoms with van der Waals surface area (Å²) in [7, 11) is 1.35. The van der Waals surface area contributed by atoms with Crippen LogP contribution >= 0.6 is 11.6 Å². The Hall–Kier alpha value is -0.320. The molecule has 0 bridgehead atoms. The minimum Gasteiger partial charge on any atom is -0.469 e. The molecule has 1 rings (SSSR count). The van der Waals surface area contributed by atoms with E-state index in [2.05, 4.69) is 25.5 Å². The first-order valence-electron chi connectivity index (χ1n) is 8.86. The number of esters is 1. The molecule has 0 aromatic rings. The summed E-state index contributed by atoms with van der Waals surface area (Å²) in [5.41, 5.74) is -0.286. The Balaban J connectivity index is 2.74. The molecule has 0 aromatic heterocycles. The molecular formula is C18H33ClO4. The highest BCUT2D eigenvalue weighted by molar-refractivity contribution is 6.21. The van der Waals surface area contributed by atoms with Crippen LogP contribution in [0.15, 0.2) is 0 Å². The lowest BCUT2D eigenvalue weighted by molar-refractivity contribution is -0.144. The molecule has 0 radical (unpaired) electrons. The van der Waals surface area contributed by atoms with Crippen molar-refractivity contribution < 1.29 is 19.4 Å². The number of halogens is 1. The Bertz CT molecular complexity index is 376. The van der Waals surface area contributed by atoms with Crippen LogP contribution in [0.25, 0.3) is 0 Å². The zero-order chi connectivity index (χ0) is 17.6. The summed E-state index contributed by atoms with van der Waals surface area (Å²) in [5, 5.41) is 10.4. The maximum absolute atomic E-state index is 11.4. The number of aliphatic hydroxyl groups excluding tert-OH is 1. The summed E-state index contributed by atoms with van der Waals surface area (Å²) < 4.78 is 11.0. The topological polar surface area (TPSA) is 55.8 Å². The fraction of sp³-hybridized carbons (Fsp3) is 0.944. The Kier molecular flexibility index (Phi) is 8.32. The van der Waals surface area contributed by atoms with Crippen LogP contribution in [0, 0.1) is 11.8 Å². The Morgan fingerprint density at radius 3 is 2.52 bits per heavy atom. The smallest absolute Gasteiger partial charge is 0.308 e. The van der Waals surface area contributed by atoms with Crippen molar-refractivity contribution in [1.82, 2.24) is 0 Å². The number of rotatable bonds is 9. The molecule has 6 atom stereocenters. The van der Waals surface area contributed by atoms with Crippen molar-refractivity contribution in [2.24, 2.45) is 11.8 Å². The minimum atomic E-state index is -0.690. The lowest BCUT2D eigenvalue weighted by Crippen LogP contribution is -2.35.